The maximum Gasteiger partial charge on any atom is 0.305 e. The van der Waals surface area contributed by atoms with Crippen LogP contribution in [0, 0.1) is 0 Å². The molecule has 0 spiro atoms. The van der Waals surface area contributed by atoms with Gasteiger partial charge in [-0.2, -0.15) is 0 Å². The minimum Gasteiger partial charge on any atom is -0.493 e. The van der Waals surface area contributed by atoms with Gasteiger partial charge in [0.05, 0.1) is 25.7 Å². The summed E-state index contributed by atoms with van der Waals surface area (Å²) in [6.07, 6.45) is 1.88. The highest BCUT2D eigenvalue weighted by atomic mass is 16.5. The zero-order valence-corrected chi connectivity index (χ0v) is 13.5. The lowest BCUT2D eigenvalue weighted by molar-refractivity contribution is -0.138. The Morgan fingerprint density at radius 3 is 2.83 bits per heavy atom. The molecule has 7 nitrogen and oxygen atoms in total. The predicted octanol–water partition coefficient (Wildman–Crippen LogP) is 1.62. The van der Waals surface area contributed by atoms with Crippen molar-refractivity contribution < 1.29 is 28.9 Å². The van der Waals surface area contributed by atoms with Crippen LogP contribution in [0.15, 0.2) is 30.9 Å². The first-order chi connectivity index (χ1) is 11.5. The Morgan fingerprint density at radius 1 is 1.46 bits per heavy atom. The number of carbonyl (C=O) groups is 2. The van der Waals surface area contributed by atoms with Crippen molar-refractivity contribution in [1.82, 2.24) is 5.32 Å². The van der Waals surface area contributed by atoms with E-state index in [1.165, 1.54) is 7.11 Å². The zero-order chi connectivity index (χ0) is 17.6. The van der Waals surface area contributed by atoms with Gasteiger partial charge in [-0.15, -0.1) is 0 Å². The first-order valence-corrected chi connectivity index (χ1v) is 7.53. The quantitative estimate of drug-likeness (QED) is 0.701. The molecular formula is C17H21NO6. The second-order valence-corrected chi connectivity index (χ2v) is 5.57. The van der Waals surface area contributed by atoms with E-state index in [0.717, 1.165) is 0 Å². The fraction of sp³-hybridized carbons (Fsp3) is 0.412. The van der Waals surface area contributed by atoms with E-state index in [0.29, 0.717) is 36.7 Å². The molecule has 1 fully saturated rings. The van der Waals surface area contributed by atoms with E-state index in [1.807, 2.05) is 0 Å². The summed E-state index contributed by atoms with van der Waals surface area (Å²) in [7, 11) is 1.48. The summed E-state index contributed by atoms with van der Waals surface area (Å²) in [6, 6.07) is 4.78. The summed E-state index contributed by atoms with van der Waals surface area (Å²) >= 11 is 0. The summed E-state index contributed by atoms with van der Waals surface area (Å²) in [5.74, 6) is -0.445. The predicted molar refractivity (Wildman–Crippen MR) is 86.6 cm³/mol. The maximum absolute atomic E-state index is 12.5. The number of hydrogen-bond donors (Lipinski definition) is 2. The van der Waals surface area contributed by atoms with Crippen LogP contribution in [-0.4, -0.2) is 49.5 Å². The highest BCUT2D eigenvalue weighted by Crippen LogP contribution is 2.29. The first kappa shape index (κ1) is 17.8. The van der Waals surface area contributed by atoms with Gasteiger partial charge in [-0.1, -0.05) is 12.7 Å². The van der Waals surface area contributed by atoms with Crippen LogP contribution < -0.4 is 14.8 Å². The van der Waals surface area contributed by atoms with Gasteiger partial charge in [-0.25, -0.2) is 0 Å². The summed E-state index contributed by atoms with van der Waals surface area (Å²) < 4.78 is 16.0. The van der Waals surface area contributed by atoms with Crippen molar-refractivity contribution in [2.75, 3.05) is 26.9 Å². The standard InChI is InChI=1S/C17H21NO6/c1-3-7-24-13-5-4-12(9-14(13)22-2)16(21)18-17(10-15(19)20)6-8-23-11-17/h3-5,9H,1,6-8,10-11H2,2H3,(H,18,21)(H,19,20). The average molecular weight is 335 g/mol. The molecule has 1 aromatic rings. The lowest BCUT2D eigenvalue weighted by atomic mass is 9.93. The second kappa shape index (κ2) is 7.83. The van der Waals surface area contributed by atoms with E-state index < -0.39 is 11.5 Å². The summed E-state index contributed by atoms with van der Waals surface area (Å²) in [6.45, 7) is 4.50. The third kappa shape index (κ3) is 4.26. The molecule has 1 aliphatic heterocycles. The van der Waals surface area contributed by atoms with Crippen molar-refractivity contribution in [3.8, 4) is 11.5 Å². The van der Waals surface area contributed by atoms with Crippen LogP contribution >= 0.6 is 0 Å². The monoisotopic (exact) mass is 335 g/mol. The van der Waals surface area contributed by atoms with E-state index in [9.17, 15) is 9.59 Å². The molecule has 0 saturated carbocycles. The number of ether oxygens (including phenoxy) is 3. The van der Waals surface area contributed by atoms with Crippen molar-refractivity contribution in [2.24, 2.45) is 0 Å². The third-order valence-electron chi connectivity index (χ3n) is 3.75. The highest BCUT2D eigenvalue weighted by molar-refractivity contribution is 5.95. The molecule has 1 aromatic carbocycles. The van der Waals surface area contributed by atoms with Crippen molar-refractivity contribution in [2.45, 2.75) is 18.4 Å². The van der Waals surface area contributed by atoms with Crippen LogP contribution in [0.3, 0.4) is 0 Å². The molecule has 1 unspecified atom stereocenters. The van der Waals surface area contributed by atoms with E-state index >= 15 is 0 Å². The van der Waals surface area contributed by atoms with Crippen LogP contribution in [0.1, 0.15) is 23.2 Å². The Kier molecular flexibility index (Phi) is 5.81. The molecule has 1 aliphatic rings. The summed E-state index contributed by atoms with van der Waals surface area (Å²) in [5.41, 5.74) is -0.525. The van der Waals surface area contributed by atoms with Gasteiger partial charge in [-0.3, -0.25) is 9.59 Å². The highest BCUT2D eigenvalue weighted by Gasteiger charge is 2.38. The number of methoxy groups -OCH3 is 1. The molecule has 1 amide bonds. The number of carboxylic acid groups (broad SMARTS) is 1. The van der Waals surface area contributed by atoms with Crippen molar-refractivity contribution in [3.05, 3.63) is 36.4 Å². The fourth-order valence-corrected chi connectivity index (χ4v) is 2.57. The fourth-order valence-electron chi connectivity index (χ4n) is 2.57. The summed E-state index contributed by atoms with van der Waals surface area (Å²) in [4.78, 5) is 23.6. The third-order valence-corrected chi connectivity index (χ3v) is 3.75. The Hall–Kier alpha value is -2.54. The normalized spacial score (nSPS) is 19.5. The van der Waals surface area contributed by atoms with Crippen LogP contribution in [-0.2, 0) is 9.53 Å². The van der Waals surface area contributed by atoms with Crippen LogP contribution in [0.2, 0.25) is 0 Å². The van der Waals surface area contributed by atoms with Crippen LogP contribution in [0.4, 0.5) is 0 Å². The van der Waals surface area contributed by atoms with Crippen molar-refractivity contribution >= 4 is 11.9 Å². The number of carboxylic acids is 1. The molecule has 7 heteroatoms. The van der Waals surface area contributed by atoms with Crippen molar-refractivity contribution in [1.29, 1.82) is 0 Å². The molecule has 24 heavy (non-hydrogen) atoms. The van der Waals surface area contributed by atoms with Gasteiger partial charge in [0.2, 0.25) is 0 Å². The minimum absolute atomic E-state index is 0.183. The zero-order valence-electron chi connectivity index (χ0n) is 13.5. The van der Waals surface area contributed by atoms with Gasteiger partial charge in [0.15, 0.2) is 11.5 Å². The Morgan fingerprint density at radius 2 is 2.25 bits per heavy atom. The minimum atomic E-state index is -0.980. The molecule has 1 atom stereocenters. The number of aliphatic carboxylic acids is 1. The molecule has 130 valence electrons. The average Bonchev–Trinajstić information content (AvgIpc) is 2.99. The molecule has 0 bridgehead atoms. The molecule has 2 rings (SSSR count). The second-order valence-electron chi connectivity index (χ2n) is 5.57. The van der Waals surface area contributed by atoms with Gasteiger partial charge in [0, 0.05) is 12.2 Å². The maximum atomic E-state index is 12.5. The molecule has 1 heterocycles. The number of carbonyl (C=O) groups excluding carboxylic acids is 1. The molecule has 0 radical (unpaired) electrons. The topological polar surface area (TPSA) is 94.1 Å². The van der Waals surface area contributed by atoms with E-state index in [1.54, 1.807) is 24.3 Å². The number of rotatable bonds is 8. The van der Waals surface area contributed by atoms with Gasteiger partial charge in [0.25, 0.3) is 5.91 Å². The van der Waals surface area contributed by atoms with E-state index in [2.05, 4.69) is 11.9 Å². The lowest BCUT2D eigenvalue weighted by Crippen LogP contribution is -2.50. The smallest absolute Gasteiger partial charge is 0.305 e. The Labute approximate surface area is 140 Å². The van der Waals surface area contributed by atoms with Crippen molar-refractivity contribution in [3.63, 3.8) is 0 Å². The number of amides is 1. The largest absolute Gasteiger partial charge is 0.493 e. The molecule has 2 N–H and O–H groups in total. The number of hydrogen-bond acceptors (Lipinski definition) is 5. The molecule has 0 aliphatic carbocycles. The van der Waals surface area contributed by atoms with Crippen LogP contribution in [0.5, 0.6) is 11.5 Å². The Balaban J connectivity index is 2.16. The van der Waals surface area contributed by atoms with Gasteiger partial charge < -0.3 is 24.6 Å². The van der Waals surface area contributed by atoms with Gasteiger partial charge >= 0.3 is 5.97 Å². The number of benzene rings is 1. The lowest BCUT2D eigenvalue weighted by Gasteiger charge is -2.27. The SMILES string of the molecule is C=CCOc1ccc(C(=O)NC2(CC(=O)O)CCOC2)cc1OC. The Bertz CT molecular complexity index is 622. The molecule has 0 aromatic heterocycles. The first-order valence-electron chi connectivity index (χ1n) is 7.53. The molecular weight excluding hydrogens is 314 g/mol. The van der Waals surface area contributed by atoms with Gasteiger partial charge in [-0.05, 0) is 24.6 Å². The van der Waals surface area contributed by atoms with E-state index in [4.69, 9.17) is 19.3 Å². The van der Waals surface area contributed by atoms with E-state index in [-0.39, 0.29) is 18.9 Å². The molecule has 1 saturated heterocycles. The number of nitrogens with one attached hydrogen (secondary N) is 1. The van der Waals surface area contributed by atoms with Crippen LogP contribution in [0.25, 0.3) is 0 Å². The van der Waals surface area contributed by atoms with Gasteiger partial charge in [0.1, 0.15) is 6.61 Å². The summed E-state index contributed by atoms with van der Waals surface area (Å²) in [5, 5.41) is 11.9.